The summed E-state index contributed by atoms with van der Waals surface area (Å²) in [7, 11) is -3.70. The van der Waals surface area contributed by atoms with Crippen LogP contribution in [-0.4, -0.2) is 53.2 Å². The smallest absolute Gasteiger partial charge is 0.260 e. The topological polar surface area (TPSA) is 107 Å². The summed E-state index contributed by atoms with van der Waals surface area (Å²) in [5, 5.41) is 3.92. The number of benzene rings is 2. The van der Waals surface area contributed by atoms with E-state index < -0.39 is 22.5 Å². The predicted octanol–water partition coefficient (Wildman–Crippen LogP) is 2.97. The van der Waals surface area contributed by atoms with Gasteiger partial charge >= 0.3 is 0 Å². The number of nitrogens with one attached hydrogen (secondary N) is 1. The lowest BCUT2D eigenvalue weighted by molar-refractivity contribution is -0.119. The van der Waals surface area contributed by atoms with Crippen LogP contribution in [0.3, 0.4) is 0 Å². The summed E-state index contributed by atoms with van der Waals surface area (Å²) in [6.45, 7) is 8.19. The highest BCUT2D eigenvalue weighted by molar-refractivity contribution is 7.92. The zero-order valence-corrected chi connectivity index (χ0v) is 19.8. The predicted molar refractivity (Wildman–Crippen MR) is 129 cm³/mol. The van der Waals surface area contributed by atoms with Gasteiger partial charge in [0.1, 0.15) is 18.9 Å². The molecule has 0 aromatic heterocycles. The summed E-state index contributed by atoms with van der Waals surface area (Å²) in [5.41, 5.74) is 3.36. The number of amides is 1. The fraction of sp³-hybridized carbons (Fsp3) is 0.304. The van der Waals surface area contributed by atoms with E-state index in [2.05, 4.69) is 17.1 Å². The Labute approximate surface area is 194 Å². The van der Waals surface area contributed by atoms with Crippen molar-refractivity contribution in [1.29, 1.82) is 0 Å². The van der Waals surface area contributed by atoms with Gasteiger partial charge in [0.05, 0.1) is 31.4 Å². The molecule has 2 rings (SSSR count). The van der Waals surface area contributed by atoms with Crippen molar-refractivity contribution in [1.82, 2.24) is 5.43 Å². The van der Waals surface area contributed by atoms with Gasteiger partial charge in [-0.3, -0.25) is 9.10 Å². The number of carbonyl (C=O) groups is 1. The lowest BCUT2D eigenvalue weighted by atomic mass is 10.2. The van der Waals surface area contributed by atoms with Crippen LogP contribution in [0, 0.1) is 0 Å². The quantitative estimate of drug-likeness (QED) is 0.271. The maximum atomic E-state index is 12.4. The maximum absolute atomic E-state index is 12.4. The number of hydrogen-bond donors (Lipinski definition) is 1. The summed E-state index contributed by atoms with van der Waals surface area (Å²) in [4.78, 5) is 12.4. The van der Waals surface area contributed by atoms with Crippen molar-refractivity contribution in [2.24, 2.45) is 5.10 Å². The molecule has 1 N–H and O–H groups in total. The van der Waals surface area contributed by atoms with Gasteiger partial charge in [0.2, 0.25) is 10.0 Å². The zero-order valence-electron chi connectivity index (χ0n) is 19.0. The van der Waals surface area contributed by atoms with Crippen LogP contribution < -0.4 is 23.9 Å². The third-order valence-corrected chi connectivity index (χ3v) is 5.29. The standard InChI is InChI=1S/C23H29N3O6S/c1-5-14-32-21-13-8-18(15-22(21)31-7-3)16-24-25-23(27)17-26(33(4,28)29)19-9-11-20(12-10-19)30-6-2/h5,8-13,15-16H,1,6-7,14,17H2,2-4H3,(H,25,27)/b24-16-. The first-order valence-electron chi connectivity index (χ1n) is 10.3. The largest absolute Gasteiger partial charge is 0.494 e. The second kappa shape index (κ2) is 12.5. The molecule has 2 aromatic carbocycles. The Morgan fingerprint density at radius 3 is 2.36 bits per heavy atom. The number of hydrogen-bond acceptors (Lipinski definition) is 7. The van der Waals surface area contributed by atoms with Gasteiger partial charge in [-0.2, -0.15) is 5.10 Å². The molecule has 0 aliphatic carbocycles. The van der Waals surface area contributed by atoms with Crippen LogP contribution in [-0.2, 0) is 14.8 Å². The first-order valence-corrected chi connectivity index (χ1v) is 12.2. The number of anilines is 1. The number of ether oxygens (including phenoxy) is 3. The highest BCUT2D eigenvalue weighted by Gasteiger charge is 2.20. The molecule has 0 aliphatic rings. The number of carbonyl (C=O) groups excluding carboxylic acids is 1. The van der Waals surface area contributed by atoms with Gasteiger partial charge in [0.25, 0.3) is 5.91 Å². The molecule has 178 valence electrons. The van der Waals surface area contributed by atoms with E-state index in [4.69, 9.17) is 14.2 Å². The SMILES string of the molecule is C=CCOc1ccc(/C=N\NC(=O)CN(c2ccc(OCC)cc2)S(C)(=O)=O)cc1OCC. The molecule has 10 heteroatoms. The molecular formula is C23H29N3O6S. The molecule has 0 saturated carbocycles. The number of nitrogens with zero attached hydrogens (tertiary/aromatic N) is 2. The molecule has 33 heavy (non-hydrogen) atoms. The van der Waals surface area contributed by atoms with Crippen LogP contribution in [0.25, 0.3) is 0 Å². The molecule has 0 unspecified atom stereocenters. The molecule has 2 aromatic rings. The number of sulfonamides is 1. The lowest BCUT2D eigenvalue weighted by Gasteiger charge is -2.21. The van der Waals surface area contributed by atoms with Gasteiger partial charge in [-0.1, -0.05) is 12.7 Å². The van der Waals surface area contributed by atoms with Crippen molar-refractivity contribution >= 4 is 27.8 Å². The summed E-state index contributed by atoms with van der Waals surface area (Å²) < 4.78 is 41.9. The second-order valence-electron chi connectivity index (χ2n) is 6.73. The van der Waals surface area contributed by atoms with Gasteiger partial charge in [0.15, 0.2) is 11.5 Å². The minimum atomic E-state index is -3.70. The van der Waals surface area contributed by atoms with Crippen LogP contribution in [0.15, 0.2) is 60.2 Å². The highest BCUT2D eigenvalue weighted by Crippen LogP contribution is 2.28. The molecule has 9 nitrogen and oxygen atoms in total. The summed E-state index contributed by atoms with van der Waals surface area (Å²) in [5.74, 6) is 1.11. The normalized spacial score (nSPS) is 11.1. The van der Waals surface area contributed by atoms with E-state index in [-0.39, 0.29) is 0 Å². The van der Waals surface area contributed by atoms with Crippen LogP contribution in [0.5, 0.6) is 17.2 Å². The van der Waals surface area contributed by atoms with Crippen molar-refractivity contribution < 1.29 is 27.4 Å². The van der Waals surface area contributed by atoms with Crippen molar-refractivity contribution in [3.8, 4) is 17.2 Å². The van der Waals surface area contributed by atoms with E-state index in [9.17, 15) is 13.2 Å². The fourth-order valence-corrected chi connectivity index (χ4v) is 3.62. The summed E-state index contributed by atoms with van der Waals surface area (Å²) in [6, 6.07) is 11.6. The van der Waals surface area contributed by atoms with E-state index in [0.29, 0.717) is 48.3 Å². The van der Waals surface area contributed by atoms with Gasteiger partial charge in [0, 0.05) is 0 Å². The average molecular weight is 476 g/mol. The van der Waals surface area contributed by atoms with E-state index in [1.165, 1.54) is 6.21 Å². The van der Waals surface area contributed by atoms with Crippen molar-refractivity contribution in [3.63, 3.8) is 0 Å². The van der Waals surface area contributed by atoms with Crippen LogP contribution in [0.4, 0.5) is 5.69 Å². The monoisotopic (exact) mass is 475 g/mol. The van der Waals surface area contributed by atoms with Crippen molar-refractivity contribution in [3.05, 3.63) is 60.7 Å². The molecular weight excluding hydrogens is 446 g/mol. The Kier molecular flexibility index (Phi) is 9.74. The molecule has 0 saturated heterocycles. The molecule has 0 bridgehead atoms. The number of rotatable bonds is 13. The van der Waals surface area contributed by atoms with Gasteiger partial charge < -0.3 is 14.2 Å². The lowest BCUT2D eigenvalue weighted by Crippen LogP contribution is -2.39. The minimum Gasteiger partial charge on any atom is -0.494 e. The molecule has 1 amide bonds. The third-order valence-electron chi connectivity index (χ3n) is 4.15. The highest BCUT2D eigenvalue weighted by atomic mass is 32.2. The molecule has 0 radical (unpaired) electrons. The Morgan fingerprint density at radius 2 is 1.76 bits per heavy atom. The first-order chi connectivity index (χ1) is 15.8. The average Bonchev–Trinajstić information content (AvgIpc) is 2.77. The number of hydrazone groups is 1. The van der Waals surface area contributed by atoms with Crippen molar-refractivity contribution in [2.75, 3.05) is 36.9 Å². The fourth-order valence-electron chi connectivity index (χ4n) is 2.76. The Hall–Kier alpha value is -3.53. The molecule has 0 spiro atoms. The third kappa shape index (κ3) is 8.15. The van der Waals surface area contributed by atoms with Gasteiger partial charge in [-0.25, -0.2) is 13.8 Å². The second-order valence-corrected chi connectivity index (χ2v) is 8.64. The van der Waals surface area contributed by atoms with Crippen LogP contribution in [0.2, 0.25) is 0 Å². The van der Waals surface area contributed by atoms with E-state index >= 15 is 0 Å². The minimum absolute atomic E-state index is 0.342. The Morgan fingerprint density at radius 1 is 1.06 bits per heavy atom. The maximum Gasteiger partial charge on any atom is 0.260 e. The van der Waals surface area contributed by atoms with E-state index in [1.807, 2.05) is 13.8 Å². The Balaban J connectivity index is 2.07. The first kappa shape index (κ1) is 25.7. The van der Waals surface area contributed by atoms with Gasteiger partial charge in [-0.15, -0.1) is 0 Å². The van der Waals surface area contributed by atoms with Crippen LogP contribution >= 0.6 is 0 Å². The molecule has 0 atom stereocenters. The molecule has 0 aliphatic heterocycles. The summed E-state index contributed by atoms with van der Waals surface area (Å²) >= 11 is 0. The van der Waals surface area contributed by atoms with Crippen LogP contribution in [0.1, 0.15) is 19.4 Å². The Bertz CT molecular complexity index is 1070. The van der Waals surface area contributed by atoms with E-state index in [1.54, 1.807) is 48.5 Å². The molecule has 0 heterocycles. The summed E-state index contributed by atoms with van der Waals surface area (Å²) in [6.07, 6.45) is 4.10. The zero-order chi connectivity index (χ0) is 24.3. The van der Waals surface area contributed by atoms with E-state index in [0.717, 1.165) is 10.6 Å². The van der Waals surface area contributed by atoms with Crippen molar-refractivity contribution in [2.45, 2.75) is 13.8 Å². The van der Waals surface area contributed by atoms with Gasteiger partial charge in [-0.05, 0) is 61.9 Å². The molecule has 0 fully saturated rings.